The first-order valence-electron chi connectivity index (χ1n) is 10.2. The van der Waals surface area contributed by atoms with Crippen LogP contribution >= 0.6 is 0 Å². The lowest BCUT2D eigenvalue weighted by molar-refractivity contribution is -0.148. The fraction of sp³-hybridized carbons (Fsp3) is 0.154. The van der Waals surface area contributed by atoms with E-state index in [0.29, 0.717) is 17.1 Å². The lowest BCUT2D eigenvalue weighted by atomic mass is 10.1. The molecule has 0 saturated heterocycles. The lowest BCUT2D eigenvalue weighted by Gasteiger charge is -2.13. The molecule has 33 heavy (non-hydrogen) atoms. The molecule has 0 spiro atoms. The van der Waals surface area contributed by atoms with E-state index in [1.54, 1.807) is 36.4 Å². The summed E-state index contributed by atoms with van der Waals surface area (Å²) in [4.78, 5) is 45.7. The predicted octanol–water partition coefficient (Wildman–Crippen LogP) is 4.27. The van der Waals surface area contributed by atoms with Crippen LogP contribution in [0.2, 0.25) is 0 Å². The van der Waals surface area contributed by atoms with Crippen LogP contribution in [0.15, 0.2) is 72.8 Å². The molecule has 0 unspecified atom stereocenters. The minimum absolute atomic E-state index is 0.0395. The van der Waals surface area contributed by atoms with Crippen LogP contribution in [0.25, 0.3) is 0 Å². The van der Waals surface area contributed by atoms with Crippen molar-refractivity contribution in [3.63, 3.8) is 0 Å². The molecule has 0 saturated carbocycles. The molecule has 0 aliphatic rings. The average Bonchev–Trinajstić information content (AvgIpc) is 2.82. The number of hydrogen-bond acceptors (Lipinski definition) is 6. The fourth-order valence-electron chi connectivity index (χ4n) is 3.05. The third-order valence-corrected chi connectivity index (χ3v) is 4.86. The standard InChI is InChI=1S/C26H22O7/c1-17(27)18-8-4-10-22(12-18)32-15-20-6-2-3-7-21(20)16-33-23-11-5-9-19(13-23)24(28)14-25(29)26(30)31/h2-13H,14-16H2,1H3,(H,30,31). The summed E-state index contributed by atoms with van der Waals surface area (Å²) in [6.07, 6.45) is -0.705. The Morgan fingerprint density at radius 3 is 1.76 bits per heavy atom. The van der Waals surface area contributed by atoms with Crippen LogP contribution in [0.3, 0.4) is 0 Å². The minimum Gasteiger partial charge on any atom is -0.489 e. The van der Waals surface area contributed by atoms with Gasteiger partial charge in [-0.3, -0.25) is 14.4 Å². The summed E-state index contributed by atoms with van der Waals surface area (Å²) in [6, 6.07) is 20.8. The van der Waals surface area contributed by atoms with Crippen LogP contribution in [0.5, 0.6) is 11.5 Å². The molecule has 7 nitrogen and oxygen atoms in total. The SMILES string of the molecule is CC(=O)c1cccc(OCc2ccccc2COc2cccc(C(=O)CC(=O)C(=O)O)c2)c1. The highest BCUT2D eigenvalue weighted by Crippen LogP contribution is 2.20. The summed E-state index contributed by atoms with van der Waals surface area (Å²) < 4.78 is 11.7. The van der Waals surface area contributed by atoms with Gasteiger partial charge < -0.3 is 14.6 Å². The van der Waals surface area contributed by atoms with Gasteiger partial charge in [0.15, 0.2) is 11.6 Å². The van der Waals surface area contributed by atoms with Gasteiger partial charge in [0.1, 0.15) is 24.7 Å². The summed E-state index contributed by atoms with van der Waals surface area (Å²) in [7, 11) is 0. The minimum atomic E-state index is -1.64. The van der Waals surface area contributed by atoms with E-state index in [-0.39, 0.29) is 24.6 Å². The maximum absolute atomic E-state index is 12.1. The maximum Gasteiger partial charge on any atom is 0.372 e. The Balaban J connectivity index is 1.65. The Morgan fingerprint density at radius 1 is 0.727 bits per heavy atom. The molecule has 7 heteroatoms. The molecule has 168 valence electrons. The summed E-state index contributed by atoms with van der Waals surface area (Å²) in [6.45, 7) is 1.98. The molecule has 1 N–H and O–H groups in total. The zero-order chi connectivity index (χ0) is 23.8. The molecule has 0 aliphatic carbocycles. The highest BCUT2D eigenvalue weighted by atomic mass is 16.5. The Hall–Kier alpha value is -4.26. The molecule has 3 aromatic rings. The zero-order valence-electron chi connectivity index (χ0n) is 17.9. The van der Waals surface area contributed by atoms with E-state index in [1.807, 2.05) is 24.3 Å². The van der Waals surface area contributed by atoms with E-state index in [0.717, 1.165) is 11.1 Å². The number of ether oxygens (including phenoxy) is 2. The molecule has 0 radical (unpaired) electrons. The highest BCUT2D eigenvalue weighted by Gasteiger charge is 2.18. The largest absolute Gasteiger partial charge is 0.489 e. The first-order valence-corrected chi connectivity index (χ1v) is 10.2. The molecule has 3 rings (SSSR count). The highest BCUT2D eigenvalue weighted by molar-refractivity contribution is 6.37. The number of benzene rings is 3. The van der Waals surface area contributed by atoms with Gasteiger partial charge in [0, 0.05) is 11.1 Å². The predicted molar refractivity (Wildman–Crippen MR) is 120 cm³/mol. The quantitative estimate of drug-likeness (QED) is 0.266. The molecular weight excluding hydrogens is 424 g/mol. The van der Waals surface area contributed by atoms with Gasteiger partial charge in [-0.05, 0) is 42.3 Å². The number of ketones is 3. The van der Waals surface area contributed by atoms with E-state index in [9.17, 15) is 19.2 Å². The number of hydrogen-bond donors (Lipinski definition) is 1. The maximum atomic E-state index is 12.1. The van der Waals surface area contributed by atoms with Crippen molar-refractivity contribution in [1.29, 1.82) is 0 Å². The number of rotatable bonds is 11. The van der Waals surface area contributed by atoms with Gasteiger partial charge in [0.05, 0.1) is 6.42 Å². The van der Waals surface area contributed by atoms with Crippen molar-refractivity contribution >= 4 is 23.3 Å². The Labute approximate surface area is 190 Å². The summed E-state index contributed by atoms with van der Waals surface area (Å²) in [5.74, 6) is -2.43. The third kappa shape index (κ3) is 6.61. The van der Waals surface area contributed by atoms with Gasteiger partial charge in [-0.15, -0.1) is 0 Å². The van der Waals surface area contributed by atoms with Crippen molar-refractivity contribution in [2.24, 2.45) is 0 Å². The van der Waals surface area contributed by atoms with Crippen LogP contribution in [-0.4, -0.2) is 28.4 Å². The first kappa shape index (κ1) is 23.4. The number of carbonyl (C=O) groups is 4. The molecule has 0 atom stereocenters. The molecule has 0 bridgehead atoms. The molecule has 0 heterocycles. The molecule has 0 amide bonds. The van der Waals surface area contributed by atoms with Gasteiger partial charge in [-0.1, -0.05) is 48.5 Å². The van der Waals surface area contributed by atoms with Gasteiger partial charge in [-0.25, -0.2) is 4.79 Å². The summed E-state index contributed by atoms with van der Waals surface area (Å²) >= 11 is 0. The van der Waals surface area contributed by atoms with Crippen molar-refractivity contribution in [3.05, 3.63) is 95.1 Å². The normalized spacial score (nSPS) is 10.3. The smallest absolute Gasteiger partial charge is 0.372 e. The number of carbonyl (C=O) groups excluding carboxylic acids is 3. The average molecular weight is 446 g/mol. The van der Waals surface area contributed by atoms with Crippen LogP contribution in [-0.2, 0) is 22.8 Å². The van der Waals surface area contributed by atoms with Crippen molar-refractivity contribution in [1.82, 2.24) is 0 Å². The van der Waals surface area contributed by atoms with Crippen LogP contribution in [0.1, 0.15) is 45.2 Å². The Morgan fingerprint density at radius 2 is 1.24 bits per heavy atom. The van der Waals surface area contributed by atoms with E-state index in [1.165, 1.54) is 19.1 Å². The van der Waals surface area contributed by atoms with E-state index >= 15 is 0 Å². The second-order valence-electron chi connectivity index (χ2n) is 7.29. The van der Waals surface area contributed by atoms with Crippen LogP contribution < -0.4 is 9.47 Å². The molecule has 0 aliphatic heterocycles. The third-order valence-electron chi connectivity index (χ3n) is 4.86. The second-order valence-corrected chi connectivity index (χ2v) is 7.29. The fourth-order valence-corrected chi connectivity index (χ4v) is 3.05. The lowest BCUT2D eigenvalue weighted by Crippen LogP contribution is -2.17. The first-order chi connectivity index (χ1) is 15.8. The van der Waals surface area contributed by atoms with Gasteiger partial charge in [-0.2, -0.15) is 0 Å². The number of carboxylic acids is 1. The summed E-state index contributed by atoms with van der Waals surface area (Å²) in [5, 5.41) is 8.67. The van der Waals surface area contributed by atoms with E-state index in [4.69, 9.17) is 14.6 Å². The topological polar surface area (TPSA) is 107 Å². The van der Waals surface area contributed by atoms with Crippen LogP contribution in [0, 0.1) is 0 Å². The Kier molecular flexibility index (Phi) is 7.70. The molecule has 0 aromatic heterocycles. The van der Waals surface area contributed by atoms with E-state index in [2.05, 4.69) is 0 Å². The molecule has 0 fully saturated rings. The summed E-state index contributed by atoms with van der Waals surface area (Å²) in [5.41, 5.74) is 2.54. The Bertz CT molecular complexity index is 1200. The van der Waals surface area contributed by atoms with Crippen LogP contribution in [0.4, 0.5) is 0 Å². The van der Waals surface area contributed by atoms with E-state index < -0.39 is 24.0 Å². The number of carboxylic acid groups (broad SMARTS) is 1. The number of Topliss-reactive ketones (excluding diaryl/α,β-unsaturated/α-hetero) is 3. The van der Waals surface area contributed by atoms with Crippen molar-refractivity contribution in [2.45, 2.75) is 26.6 Å². The van der Waals surface area contributed by atoms with Gasteiger partial charge in [0.25, 0.3) is 0 Å². The zero-order valence-corrected chi connectivity index (χ0v) is 17.9. The van der Waals surface area contributed by atoms with Crippen molar-refractivity contribution in [2.75, 3.05) is 0 Å². The molecular formula is C26H22O7. The number of aliphatic carboxylic acids is 1. The molecule has 3 aromatic carbocycles. The monoisotopic (exact) mass is 446 g/mol. The second kappa shape index (κ2) is 10.9. The van der Waals surface area contributed by atoms with Crippen molar-refractivity contribution in [3.8, 4) is 11.5 Å². The van der Waals surface area contributed by atoms with Gasteiger partial charge in [0.2, 0.25) is 5.78 Å². The van der Waals surface area contributed by atoms with Crippen molar-refractivity contribution < 1.29 is 33.8 Å². The van der Waals surface area contributed by atoms with Gasteiger partial charge >= 0.3 is 5.97 Å².